The summed E-state index contributed by atoms with van der Waals surface area (Å²) in [5.74, 6) is -0.216. The van der Waals surface area contributed by atoms with Crippen LogP contribution in [0.2, 0.25) is 10.0 Å². The molecule has 0 aliphatic carbocycles. The fraction of sp³-hybridized carbons (Fsp3) is 0.250. The fourth-order valence-corrected chi connectivity index (χ4v) is 2.62. The summed E-state index contributed by atoms with van der Waals surface area (Å²) in [4.78, 5) is 0. The average molecular weight is 328 g/mol. The van der Waals surface area contributed by atoms with Crippen molar-refractivity contribution in [2.45, 2.75) is 19.4 Å². The number of rotatable bonds is 5. The molecule has 0 aliphatic rings. The maximum atomic E-state index is 13.5. The van der Waals surface area contributed by atoms with Crippen LogP contribution < -0.4 is 5.32 Å². The van der Waals surface area contributed by atoms with Crippen molar-refractivity contribution in [2.24, 2.45) is 0 Å². The van der Waals surface area contributed by atoms with Gasteiger partial charge < -0.3 is 10.4 Å². The number of halogens is 3. The van der Waals surface area contributed by atoms with E-state index in [-0.39, 0.29) is 16.8 Å². The quantitative estimate of drug-likeness (QED) is 0.778. The number of hydrogen-bond donors (Lipinski definition) is 2. The van der Waals surface area contributed by atoms with Gasteiger partial charge in [-0.3, -0.25) is 0 Å². The van der Waals surface area contributed by atoms with Gasteiger partial charge in [0, 0.05) is 11.1 Å². The largest absolute Gasteiger partial charge is 0.508 e. The van der Waals surface area contributed by atoms with Crippen LogP contribution >= 0.6 is 23.2 Å². The van der Waals surface area contributed by atoms with E-state index >= 15 is 0 Å². The third kappa shape index (κ3) is 4.34. The first-order valence-corrected chi connectivity index (χ1v) is 7.38. The van der Waals surface area contributed by atoms with Crippen LogP contribution in [0.1, 0.15) is 24.1 Å². The Morgan fingerprint density at radius 2 is 1.81 bits per heavy atom. The first-order valence-electron chi connectivity index (χ1n) is 6.63. The highest BCUT2D eigenvalue weighted by molar-refractivity contribution is 6.35. The van der Waals surface area contributed by atoms with Gasteiger partial charge in [-0.2, -0.15) is 0 Å². The molecular weight excluding hydrogens is 312 g/mol. The van der Waals surface area contributed by atoms with Crippen LogP contribution in [0.3, 0.4) is 0 Å². The van der Waals surface area contributed by atoms with Crippen LogP contribution in [0.4, 0.5) is 4.39 Å². The Morgan fingerprint density at radius 1 is 1.14 bits per heavy atom. The van der Waals surface area contributed by atoms with E-state index in [0.717, 1.165) is 12.0 Å². The highest BCUT2D eigenvalue weighted by Gasteiger charge is 2.12. The first-order chi connectivity index (χ1) is 9.97. The van der Waals surface area contributed by atoms with Crippen molar-refractivity contribution >= 4 is 23.2 Å². The van der Waals surface area contributed by atoms with Crippen LogP contribution in [0.5, 0.6) is 5.75 Å². The molecule has 2 nitrogen and oxygen atoms in total. The Morgan fingerprint density at radius 3 is 2.48 bits per heavy atom. The van der Waals surface area contributed by atoms with Gasteiger partial charge in [-0.25, -0.2) is 4.39 Å². The van der Waals surface area contributed by atoms with Crippen LogP contribution in [0, 0.1) is 5.82 Å². The zero-order valence-corrected chi connectivity index (χ0v) is 13.0. The molecule has 5 heteroatoms. The molecule has 0 aromatic heterocycles. The summed E-state index contributed by atoms with van der Waals surface area (Å²) in [5, 5.41) is 13.0. The highest BCUT2D eigenvalue weighted by Crippen LogP contribution is 2.28. The second-order valence-electron chi connectivity index (χ2n) is 4.88. The molecule has 1 atom stereocenters. The number of benzene rings is 2. The van der Waals surface area contributed by atoms with Crippen LogP contribution in [0.25, 0.3) is 0 Å². The van der Waals surface area contributed by atoms with E-state index in [1.165, 1.54) is 12.1 Å². The van der Waals surface area contributed by atoms with Gasteiger partial charge in [0.25, 0.3) is 0 Å². The highest BCUT2D eigenvalue weighted by atomic mass is 35.5. The molecule has 2 aromatic carbocycles. The minimum absolute atomic E-state index is 0.0278. The zero-order chi connectivity index (χ0) is 15.4. The predicted octanol–water partition coefficient (Wildman–Crippen LogP) is 4.73. The third-order valence-corrected chi connectivity index (χ3v) is 3.92. The number of phenols is 1. The van der Waals surface area contributed by atoms with Gasteiger partial charge in [0.2, 0.25) is 0 Å². The molecule has 1 unspecified atom stereocenters. The maximum Gasteiger partial charge on any atom is 0.142 e. The second kappa shape index (κ2) is 7.12. The Labute approximate surface area is 133 Å². The number of nitrogens with one attached hydrogen (secondary N) is 1. The summed E-state index contributed by atoms with van der Waals surface area (Å²) in [6.07, 6.45) is 0.804. The molecule has 0 bridgehead atoms. The zero-order valence-electron chi connectivity index (χ0n) is 11.5. The van der Waals surface area contributed by atoms with Crippen LogP contribution in [-0.2, 0) is 6.42 Å². The maximum absolute atomic E-state index is 13.5. The van der Waals surface area contributed by atoms with Gasteiger partial charge in [0.05, 0.1) is 5.02 Å². The van der Waals surface area contributed by atoms with E-state index in [1.807, 2.05) is 19.1 Å². The molecule has 0 amide bonds. The van der Waals surface area contributed by atoms with E-state index in [2.05, 4.69) is 5.32 Å². The standard InChI is InChI=1S/C16H16Cl2FNO/c1-10(13-8-16(19)15(18)9-14(13)17)20-7-6-11-2-4-12(21)5-3-11/h2-5,8-10,20-21H,6-7H2,1H3. The van der Waals surface area contributed by atoms with E-state index in [4.69, 9.17) is 23.2 Å². The Balaban J connectivity index is 1.94. The molecular formula is C16H16Cl2FNO. The van der Waals surface area contributed by atoms with Gasteiger partial charge in [0.1, 0.15) is 11.6 Å². The van der Waals surface area contributed by atoms with Crippen molar-refractivity contribution in [3.63, 3.8) is 0 Å². The van der Waals surface area contributed by atoms with Crippen LogP contribution in [-0.4, -0.2) is 11.7 Å². The summed E-state index contributed by atoms with van der Waals surface area (Å²) >= 11 is 11.8. The molecule has 0 aliphatic heterocycles. The van der Waals surface area contributed by atoms with Crippen molar-refractivity contribution in [1.29, 1.82) is 0 Å². The first kappa shape index (κ1) is 16.1. The molecule has 0 saturated heterocycles. The van der Waals surface area contributed by atoms with E-state index < -0.39 is 5.82 Å². The Bertz CT molecular complexity index is 616. The fourth-order valence-electron chi connectivity index (χ4n) is 2.08. The molecule has 112 valence electrons. The number of aromatic hydroxyl groups is 1. The molecule has 0 fully saturated rings. The smallest absolute Gasteiger partial charge is 0.142 e. The topological polar surface area (TPSA) is 32.3 Å². The Hall–Kier alpha value is -1.29. The van der Waals surface area contributed by atoms with Gasteiger partial charge in [0.15, 0.2) is 0 Å². The molecule has 0 heterocycles. The lowest BCUT2D eigenvalue weighted by Gasteiger charge is -2.16. The van der Waals surface area contributed by atoms with E-state index in [1.54, 1.807) is 12.1 Å². The van der Waals surface area contributed by atoms with Gasteiger partial charge in [-0.15, -0.1) is 0 Å². The summed E-state index contributed by atoms with van der Waals surface area (Å²) in [7, 11) is 0. The van der Waals surface area contributed by atoms with Gasteiger partial charge in [-0.05, 0) is 55.3 Å². The minimum Gasteiger partial charge on any atom is -0.508 e. The lowest BCUT2D eigenvalue weighted by Crippen LogP contribution is -2.21. The summed E-state index contributed by atoms with van der Waals surface area (Å²) in [6.45, 7) is 2.64. The number of hydrogen-bond acceptors (Lipinski definition) is 2. The van der Waals surface area contributed by atoms with Gasteiger partial charge in [-0.1, -0.05) is 35.3 Å². The SMILES string of the molecule is CC(NCCc1ccc(O)cc1)c1cc(F)c(Cl)cc1Cl. The van der Waals surface area contributed by atoms with Crippen LogP contribution in [0.15, 0.2) is 36.4 Å². The average Bonchev–Trinajstić information content (AvgIpc) is 2.45. The predicted molar refractivity (Wildman–Crippen MR) is 84.6 cm³/mol. The molecule has 2 rings (SSSR count). The molecule has 0 spiro atoms. The minimum atomic E-state index is -0.469. The summed E-state index contributed by atoms with van der Waals surface area (Å²) in [5.41, 5.74) is 1.80. The molecule has 2 N–H and O–H groups in total. The van der Waals surface area contributed by atoms with Crippen molar-refractivity contribution in [3.8, 4) is 5.75 Å². The lowest BCUT2D eigenvalue weighted by atomic mass is 10.1. The van der Waals surface area contributed by atoms with Crippen molar-refractivity contribution in [1.82, 2.24) is 5.32 Å². The third-order valence-electron chi connectivity index (χ3n) is 3.31. The van der Waals surface area contributed by atoms with E-state index in [9.17, 15) is 9.50 Å². The number of phenolic OH excluding ortho intramolecular Hbond substituents is 1. The van der Waals surface area contributed by atoms with E-state index in [0.29, 0.717) is 17.1 Å². The summed E-state index contributed by atoms with van der Waals surface area (Å²) < 4.78 is 13.5. The molecule has 0 radical (unpaired) electrons. The molecule has 0 saturated carbocycles. The summed E-state index contributed by atoms with van der Waals surface area (Å²) in [6, 6.07) is 9.76. The van der Waals surface area contributed by atoms with Gasteiger partial charge >= 0.3 is 0 Å². The lowest BCUT2D eigenvalue weighted by molar-refractivity contribution is 0.475. The normalized spacial score (nSPS) is 12.4. The van der Waals surface area contributed by atoms with Crippen molar-refractivity contribution in [2.75, 3.05) is 6.54 Å². The Kier molecular flexibility index (Phi) is 5.45. The van der Waals surface area contributed by atoms with Crippen molar-refractivity contribution in [3.05, 3.63) is 63.4 Å². The second-order valence-corrected chi connectivity index (χ2v) is 5.69. The molecule has 21 heavy (non-hydrogen) atoms. The van der Waals surface area contributed by atoms with Crippen molar-refractivity contribution < 1.29 is 9.50 Å². The monoisotopic (exact) mass is 327 g/mol. The molecule has 2 aromatic rings.